The van der Waals surface area contributed by atoms with Gasteiger partial charge in [-0.3, -0.25) is 14.8 Å². The lowest BCUT2D eigenvalue weighted by Crippen LogP contribution is -2.43. The molecule has 0 saturated carbocycles. The van der Waals surface area contributed by atoms with Crippen molar-refractivity contribution in [2.75, 3.05) is 26.7 Å². The number of carbonyl (C=O) groups excluding carboxylic acids is 1. The van der Waals surface area contributed by atoms with Gasteiger partial charge in [0.05, 0.1) is 5.69 Å². The van der Waals surface area contributed by atoms with Gasteiger partial charge in [0.2, 0.25) is 5.91 Å². The number of hydrogen-bond donors (Lipinski definition) is 2. The molecule has 1 amide bonds. The van der Waals surface area contributed by atoms with Gasteiger partial charge in [0.25, 0.3) is 0 Å². The molecule has 2 aromatic carbocycles. The quantitative estimate of drug-likeness (QED) is 0.622. The van der Waals surface area contributed by atoms with Crippen LogP contribution in [0.4, 0.5) is 0 Å². The Bertz CT molecular complexity index is 1060. The van der Waals surface area contributed by atoms with Crippen LogP contribution in [0.25, 0.3) is 11.3 Å². The van der Waals surface area contributed by atoms with Crippen molar-refractivity contribution >= 4 is 5.91 Å². The Balaban J connectivity index is 1.16. The summed E-state index contributed by atoms with van der Waals surface area (Å²) in [5, 5.41) is 9.72. The monoisotopic (exact) mass is 432 g/mol. The largest absolute Gasteiger partial charge is 0.488 e. The van der Waals surface area contributed by atoms with Crippen LogP contribution in [0.15, 0.2) is 54.7 Å². The molecule has 1 saturated heterocycles. The number of nitrogens with one attached hydrogen (secondary N) is 2. The van der Waals surface area contributed by atoms with Crippen LogP contribution in [-0.2, 0) is 11.2 Å². The van der Waals surface area contributed by atoms with E-state index in [9.17, 15) is 4.79 Å². The van der Waals surface area contributed by atoms with Gasteiger partial charge < -0.3 is 14.8 Å². The molecule has 5 rings (SSSR count). The average Bonchev–Trinajstić information content (AvgIpc) is 3.49. The molecule has 0 spiro atoms. The topological polar surface area (TPSA) is 79.5 Å². The average molecular weight is 433 g/mol. The number of piperidine rings is 1. The zero-order valence-corrected chi connectivity index (χ0v) is 18.2. The Morgan fingerprint density at radius 1 is 1.16 bits per heavy atom. The fourth-order valence-corrected chi connectivity index (χ4v) is 4.57. The molecule has 1 unspecified atom stereocenters. The normalized spacial score (nSPS) is 18.7. The predicted octanol–water partition coefficient (Wildman–Crippen LogP) is 3.63. The number of ether oxygens (including phenoxy) is 2. The molecular formula is C25H28N4O3. The second kappa shape index (κ2) is 9.04. The molecule has 3 heterocycles. The van der Waals surface area contributed by atoms with E-state index < -0.39 is 0 Å². The zero-order chi connectivity index (χ0) is 21.9. The summed E-state index contributed by atoms with van der Waals surface area (Å²) >= 11 is 0. The number of aromatic amines is 1. The van der Waals surface area contributed by atoms with Crippen LogP contribution >= 0.6 is 0 Å². The molecule has 166 valence electrons. The van der Waals surface area contributed by atoms with E-state index in [2.05, 4.69) is 26.5 Å². The first-order valence-corrected chi connectivity index (χ1v) is 11.2. The highest BCUT2D eigenvalue weighted by Crippen LogP contribution is 2.35. The van der Waals surface area contributed by atoms with Crippen molar-refractivity contribution in [3.63, 3.8) is 0 Å². The van der Waals surface area contributed by atoms with E-state index in [-0.39, 0.29) is 17.9 Å². The number of rotatable bonds is 6. The summed E-state index contributed by atoms with van der Waals surface area (Å²) in [5.74, 6) is 2.76. The van der Waals surface area contributed by atoms with Crippen LogP contribution in [0, 0.1) is 5.92 Å². The molecule has 1 atom stereocenters. The second-order valence-electron chi connectivity index (χ2n) is 8.50. The molecule has 0 aliphatic carbocycles. The maximum absolute atomic E-state index is 11.8. The smallest absolute Gasteiger partial charge is 0.222 e. The van der Waals surface area contributed by atoms with Crippen molar-refractivity contribution in [1.82, 2.24) is 20.4 Å². The Labute approximate surface area is 187 Å². The molecule has 32 heavy (non-hydrogen) atoms. The number of H-pyrrole nitrogens is 1. The minimum atomic E-state index is 0.144. The van der Waals surface area contributed by atoms with Crippen molar-refractivity contribution in [3.05, 3.63) is 60.3 Å². The lowest BCUT2D eigenvalue weighted by atomic mass is 9.95. The van der Waals surface area contributed by atoms with E-state index in [4.69, 9.17) is 9.47 Å². The number of fused-ring (bicyclic) bond motifs is 1. The number of nitrogens with zero attached hydrogens (tertiary/aromatic N) is 2. The molecule has 2 aliphatic rings. The highest BCUT2D eigenvalue weighted by atomic mass is 16.5. The van der Waals surface area contributed by atoms with Crippen molar-refractivity contribution in [2.24, 2.45) is 5.92 Å². The van der Waals surface area contributed by atoms with E-state index in [0.717, 1.165) is 67.4 Å². The van der Waals surface area contributed by atoms with Crippen LogP contribution in [0.2, 0.25) is 0 Å². The summed E-state index contributed by atoms with van der Waals surface area (Å²) in [7, 11) is 1.71. The van der Waals surface area contributed by atoms with Gasteiger partial charge in [-0.2, -0.15) is 5.10 Å². The standard InChI is InChI=1S/C25H28N4O3/c1-26-25(30)18-9-12-29(13-10-18)16-22-14-19-4-7-21(15-24(19)32-22)31-20-5-2-17(3-6-20)23-8-11-27-28-23/h2-8,11,15,18,22H,9-10,12-14,16H2,1H3,(H,26,30)(H,27,28). The van der Waals surface area contributed by atoms with Crippen LogP contribution in [0.1, 0.15) is 18.4 Å². The highest BCUT2D eigenvalue weighted by Gasteiger charge is 2.29. The third kappa shape index (κ3) is 4.48. The van der Waals surface area contributed by atoms with Gasteiger partial charge in [-0.15, -0.1) is 0 Å². The van der Waals surface area contributed by atoms with Gasteiger partial charge >= 0.3 is 0 Å². The van der Waals surface area contributed by atoms with Gasteiger partial charge in [0.1, 0.15) is 23.4 Å². The van der Waals surface area contributed by atoms with E-state index in [1.54, 1.807) is 13.2 Å². The number of aromatic nitrogens is 2. The SMILES string of the molecule is CNC(=O)C1CCN(CC2Cc3ccc(Oc4ccc(-c5ccn[nH]5)cc4)cc3O2)CC1. The first-order valence-electron chi connectivity index (χ1n) is 11.2. The Kier molecular flexibility index (Phi) is 5.81. The number of hydrogen-bond acceptors (Lipinski definition) is 5. The maximum Gasteiger partial charge on any atom is 0.222 e. The van der Waals surface area contributed by atoms with E-state index in [0.29, 0.717) is 0 Å². The van der Waals surface area contributed by atoms with Crippen LogP contribution < -0.4 is 14.8 Å². The summed E-state index contributed by atoms with van der Waals surface area (Å²) in [5.41, 5.74) is 3.26. The Morgan fingerprint density at radius 3 is 2.66 bits per heavy atom. The fraction of sp³-hybridized carbons (Fsp3) is 0.360. The first kappa shape index (κ1) is 20.6. The molecule has 0 bridgehead atoms. The molecule has 1 fully saturated rings. The van der Waals surface area contributed by atoms with E-state index >= 15 is 0 Å². The molecule has 1 aromatic heterocycles. The molecule has 2 N–H and O–H groups in total. The third-order valence-electron chi connectivity index (χ3n) is 6.35. The third-order valence-corrected chi connectivity index (χ3v) is 6.35. The van der Waals surface area contributed by atoms with Crippen LogP contribution in [-0.4, -0.2) is 53.8 Å². The van der Waals surface area contributed by atoms with E-state index in [1.807, 2.05) is 42.5 Å². The van der Waals surface area contributed by atoms with Crippen molar-refractivity contribution in [1.29, 1.82) is 0 Å². The number of amides is 1. The second-order valence-corrected chi connectivity index (χ2v) is 8.50. The summed E-state index contributed by atoms with van der Waals surface area (Å²) < 4.78 is 12.3. The Morgan fingerprint density at radius 2 is 1.94 bits per heavy atom. The lowest BCUT2D eigenvalue weighted by Gasteiger charge is -2.32. The zero-order valence-electron chi connectivity index (χ0n) is 18.2. The summed E-state index contributed by atoms with van der Waals surface area (Å²) in [6.07, 6.45) is 4.62. The van der Waals surface area contributed by atoms with Gasteiger partial charge in [0.15, 0.2) is 0 Å². The number of benzene rings is 2. The predicted molar refractivity (Wildman–Crippen MR) is 122 cm³/mol. The van der Waals surface area contributed by atoms with Gasteiger partial charge in [-0.1, -0.05) is 6.07 Å². The van der Waals surface area contributed by atoms with Gasteiger partial charge in [-0.05, 0) is 73.5 Å². The summed E-state index contributed by atoms with van der Waals surface area (Å²) in [6.45, 7) is 2.77. The van der Waals surface area contributed by atoms with Crippen LogP contribution in [0.3, 0.4) is 0 Å². The van der Waals surface area contributed by atoms with Gasteiger partial charge in [-0.25, -0.2) is 0 Å². The molecule has 7 nitrogen and oxygen atoms in total. The highest BCUT2D eigenvalue weighted by molar-refractivity contribution is 5.78. The summed E-state index contributed by atoms with van der Waals surface area (Å²) in [6, 6.07) is 15.9. The van der Waals surface area contributed by atoms with Crippen molar-refractivity contribution in [3.8, 4) is 28.5 Å². The number of likely N-dealkylation sites (tertiary alicyclic amines) is 1. The van der Waals surface area contributed by atoms with Gasteiger partial charge in [0, 0.05) is 38.2 Å². The molecular weight excluding hydrogens is 404 g/mol. The minimum Gasteiger partial charge on any atom is -0.488 e. The number of carbonyl (C=O) groups is 1. The van der Waals surface area contributed by atoms with Crippen LogP contribution in [0.5, 0.6) is 17.2 Å². The molecule has 7 heteroatoms. The summed E-state index contributed by atoms with van der Waals surface area (Å²) in [4.78, 5) is 14.2. The Hall–Kier alpha value is -3.32. The molecule has 0 radical (unpaired) electrons. The first-order chi connectivity index (χ1) is 15.7. The lowest BCUT2D eigenvalue weighted by molar-refractivity contribution is -0.126. The van der Waals surface area contributed by atoms with E-state index in [1.165, 1.54) is 5.56 Å². The molecule has 2 aliphatic heterocycles. The maximum atomic E-state index is 11.8. The van der Waals surface area contributed by atoms with Crippen molar-refractivity contribution in [2.45, 2.75) is 25.4 Å². The molecule has 3 aromatic rings. The fourth-order valence-electron chi connectivity index (χ4n) is 4.57. The minimum absolute atomic E-state index is 0.144. The van der Waals surface area contributed by atoms with Crippen molar-refractivity contribution < 1.29 is 14.3 Å².